The van der Waals surface area contributed by atoms with E-state index in [9.17, 15) is 29.8 Å². The van der Waals surface area contributed by atoms with Crippen molar-refractivity contribution in [3.63, 3.8) is 0 Å². The molecule has 0 atom stereocenters. The van der Waals surface area contributed by atoms with Gasteiger partial charge in [-0.05, 0) is 43.9 Å². The second kappa shape index (κ2) is 9.91. The van der Waals surface area contributed by atoms with Gasteiger partial charge in [-0.3, -0.25) is 19.7 Å². The zero-order valence-corrected chi connectivity index (χ0v) is 17.9. The summed E-state index contributed by atoms with van der Waals surface area (Å²) in [4.78, 5) is 48.6. The number of nitro groups is 1. The first kappa shape index (κ1) is 23.4. The second-order valence-electron chi connectivity index (χ2n) is 7.64. The van der Waals surface area contributed by atoms with Gasteiger partial charge < -0.3 is 15.4 Å². The molecule has 0 bridgehead atoms. The number of rotatable bonds is 8. The van der Waals surface area contributed by atoms with Gasteiger partial charge in [0.25, 0.3) is 11.6 Å². The Kier molecular flexibility index (Phi) is 7.03. The standard InChI is InChI=1S/C23H22N4O6/c1-25-18-9-8-15(12-19(18)27(31)32)21(29)16-6-2-3-7-17(16)22(30)33-13-20(28)26-23(14-24)10-4-5-11-23/h2-3,6-9,12,25H,4-5,10-11,13H2,1H3,(H,26,28). The third kappa shape index (κ3) is 5.15. The van der Waals surface area contributed by atoms with Crippen molar-refractivity contribution in [2.24, 2.45) is 0 Å². The van der Waals surface area contributed by atoms with Gasteiger partial charge in [0, 0.05) is 24.2 Å². The van der Waals surface area contributed by atoms with Gasteiger partial charge >= 0.3 is 5.97 Å². The molecule has 2 aromatic rings. The third-order valence-electron chi connectivity index (χ3n) is 5.50. The molecule has 1 fully saturated rings. The van der Waals surface area contributed by atoms with Crippen LogP contribution in [0.1, 0.15) is 52.0 Å². The van der Waals surface area contributed by atoms with Crippen LogP contribution in [0.3, 0.4) is 0 Å². The van der Waals surface area contributed by atoms with E-state index in [1.54, 1.807) is 6.07 Å². The molecule has 0 aromatic heterocycles. The van der Waals surface area contributed by atoms with E-state index in [0.717, 1.165) is 18.9 Å². The maximum atomic E-state index is 13.0. The number of ether oxygens (including phenoxy) is 1. The summed E-state index contributed by atoms with van der Waals surface area (Å²) < 4.78 is 5.08. The van der Waals surface area contributed by atoms with Gasteiger partial charge in [-0.1, -0.05) is 18.2 Å². The molecule has 10 nitrogen and oxygen atoms in total. The minimum absolute atomic E-state index is 0.0151. The van der Waals surface area contributed by atoms with Crippen molar-refractivity contribution in [3.8, 4) is 6.07 Å². The van der Waals surface area contributed by atoms with Crippen molar-refractivity contribution in [3.05, 3.63) is 69.3 Å². The number of nitrogens with zero attached hydrogens (tertiary/aromatic N) is 2. The lowest BCUT2D eigenvalue weighted by Gasteiger charge is -2.21. The Morgan fingerprint density at radius 3 is 2.42 bits per heavy atom. The summed E-state index contributed by atoms with van der Waals surface area (Å²) in [5, 5.41) is 26.0. The Bertz CT molecular complexity index is 1150. The van der Waals surface area contributed by atoms with Crippen LogP contribution in [-0.2, 0) is 9.53 Å². The molecule has 1 saturated carbocycles. The Morgan fingerprint density at radius 1 is 1.15 bits per heavy atom. The lowest BCUT2D eigenvalue weighted by atomic mass is 9.97. The molecule has 1 amide bonds. The zero-order valence-electron chi connectivity index (χ0n) is 17.9. The minimum atomic E-state index is -0.939. The Morgan fingerprint density at radius 2 is 1.82 bits per heavy atom. The van der Waals surface area contributed by atoms with Crippen molar-refractivity contribution in [1.82, 2.24) is 5.32 Å². The van der Waals surface area contributed by atoms with Crippen LogP contribution in [0.2, 0.25) is 0 Å². The first-order valence-electron chi connectivity index (χ1n) is 10.3. The van der Waals surface area contributed by atoms with Gasteiger partial charge in [0.1, 0.15) is 11.2 Å². The van der Waals surface area contributed by atoms with Crippen LogP contribution < -0.4 is 10.6 Å². The molecule has 0 aliphatic heterocycles. The van der Waals surface area contributed by atoms with E-state index in [0.29, 0.717) is 12.8 Å². The highest BCUT2D eigenvalue weighted by atomic mass is 16.6. The van der Waals surface area contributed by atoms with Gasteiger partial charge in [0.15, 0.2) is 12.4 Å². The van der Waals surface area contributed by atoms with Crippen molar-refractivity contribution in [2.75, 3.05) is 19.0 Å². The highest BCUT2D eigenvalue weighted by Gasteiger charge is 2.35. The SMILES string of the molecule is CNc1ccc(C(=O)c2ccccc2C(=O)OCC(=O)NC2(C#N)CCCC2)cc1[N+](=O)[O-]. The summed E-state index contributed by atoms with van der Waals surface area (Å²) in [5.74, 6) is -2.10. The Balaban J connectivity index is 1.76. The van der Waals surface area contributed by atoms with E-state index in [4.69, 9.17) is 4.74 Å². The highest BCUT2D eigenvalue weighted by molar-refractivity contribution is 6.15. The van der Waals surface area contributed by atoms with Crippen LogP contribution >= 0.6 is 0 Å². The number of ketones is 1. The molecule has 0 spiro atoms. The van der Waals surface area contributed by atoms with Gasteiger partial charge in [-0.25, -0.2) is 4.79 Å². The number of hydrogen-bond donors (Lipinski definition) is 2. The molecule has 2 aromatic carbocycles. The van der Waals surface area contributed by atoms with Gasteiger partial charge in [0.2, 0.25) is 0 Å². The topological polar surface area (TPSA) is 151 Å². The van der Waals surface area contributed by atoms with Gasteiger partial charge in [-0.15, -0.1) is 0 Å². The summed E-state index contributed by atoms with van der Waals surface area (Å²) in [6.45, 7) is -0.604. The van der Waals surface area contributed by atoms with Crippen LogP contribution in [0.4, 0.5) is 11.4 Å². The molecule has 0 unspecified atom stereocenters. The van der Waals surface area contributed by atoms with E-state index in [1.165, 1.54) is 37.4 Å². The smallest absolute Gasteiger partial charge is 0.339 e. The van der Waals surface area contributed by atoms with Crippen molar-refractivity contribution >= 4 is 29.0 Å². The molecule has 0 radical (unpaired) electrons. The third-order valence-corrected chi connectivity index (χ3v) is 5.50. The molecule has 3 rings (SSSR count). The fourth-order valence-electron chi connectivity index (χ4n) is 3.81. The number of nitriles is 1. The number of benzene rings is 2. The minimum Gasteiger partial charge on any atom is -0.452 e. The quantitative estimate of drug-likeness (QED) is 0.269. The van der Waals surface area contributed by atoms with Crippen molar-refractivity contribution in [2.45, 2.75) is 31.2 Å². The first-order chi connectivity index (χ1) is 15.8. The van der Waals surface area contributed by atoms with Crippen LogP contribution in [0.5, 0.6) is 0 Å². The number of carbonyl (C=O) groups excluding carboxylic acids is 3. The lowest BCUT2D eigenvalue weighted by molar-refractivity contribution is -0.384. The summed E-state index contributed by atoms with van der Waals surface area (Å²) >= 11 is 0. The summed E-state index contributed by atoms with van der Waals surface area (Å²) in [6, 6.07) is 11.9. The van der Waals surface area contributed by atoms with Crippen molar-refractivity contribution in [1.29, 1.82) is 5.26 Å². The number of anilines is 1. The van der Waals surface area contributed by atoms with Crippen LogP contribution in [0.15, 0.2) is 42.5 Å². The number of carbonyl (C=O) groups is 3. The van der Waals surface area contributed by atoms with Crippen molar-refractivity contribution < 1.29 is 24.0 Å². The maximum Gasteiger partial charge on any atom is 0.339 e. The molecule has 2 N–H and O–H groups in total. The van der Waals surface area contributed by atoms with Crippen LogP contribution in [0, 0.1) is 21.4 Å². The van der Waals surface area contributed by atoms with E-state index >= 15 is 0 Å². The highest BCUT2D eigenvalue weighted by Crippen LogP contribution is 2.29. The van der Waals surface area contributed by atoms with Crippen LogP contribution in [0.25, 0.3) is 0 Å². The summed E-state index contributed by atoms with van der Waals surface area (Å²) in [7, 11) is 1.52. The predicted molar refractivity (Wildman–Crippen MR) is 118 cm³/mol. The normalized spacial score (nSPS) is 14.1. The van der Waals surface area contributed by atoms with Gasteiger partial charge in [-0.2, -0.15) is 5.26 Å². The maximum absolute atomic E-state index is 13.0. The second-order valence-corrected chi connectivity index (χ2v) is 7.64. The summed E-state index contributed by atoms with van der Waals surface area (Å²) in [6.07, 6.45) is 2.74. The number of esters is 1. The van der Waals surface area contributed by atoms with E-state index in [1.807, 2.05) is 0 Å². The number of amides is 1. The number of nitrogens with one attached hydrogen (secondary N) is 2. The molecule has 1 aliphatic rings. The van der Waals surface area contributed by atoms with E-state index in [2.05, 4.69) is 16.7 Å². The Hall–Kier alpha value is -4.26. The zero-order chi connectivity index (χ0) is 24.0. The molecule has 0 saturated heterocycles. The molecular weight excluding hydrogens is 428 g/mol. The average molecular weight is 450 g/mol. The average Bonchev–Trinajstić information content (AvgIpc) is 3.30. The fourth-order valence-corrected chi connectivity index (χ4v) is 3.81. The lowest BCUT2D eigenvalue weighted by Crippen LogP contribution is -2.46. The number of nitro benzene ring substituents is 1. The molecule has 10 heteroatoms. The fraction of sp³-hybridized carbons (Fsp3) is 0.304. The monoisotopic (exact) mass is 450 g/mol. The molecule has 33 heavy (non-hydrogen) atoms. The number of hydrogen-bond acceptors (Lipinski definition) is 8. The predicted octanol–water partition coefficient (Wildman–Crippen LogP) is 2.98. The molecular formula is C23H22N4O6. The van der Waals surface area contributed by atoms with Gasteiger partial charge in [0.05, 0.1) is 16.6 Å². The van der Waals surface area contributed by atoms with E-state index in [-0.39, 0.29) is 28.1 Å². The summed E-state index contributed by atoms with van der Waals surface area (Å²) in [5.41, 5.74) is -1.04. The molecule has 170 valence electrons. The van der Waals surface area contributed by atoms with E-state index < -0.39 is 34.7 Å². The first-order valence-corrected chi connectivity index (χ1v) is 10.3. The van der Waals surface area contributed by atoms with Crippen LogP contribution in [-0.4, -0.2) is 41.8 Å². The molecule has 1 aliphatic carbocycles. The largest absolute Gasteiger partial charge is 0.452 e. The molecule has 0 heterocycles. The Labute approximate surface area is 189 Å².